The van der Waals surface area contributed by atoms with E-state index in [1.165, 1.54) is 0 Å². The highest BCUT2D eigenvalue weighted by molar-refractivity contribution is 5.74. The van der Waals surface area contributed by atoms with Crippen molar-refractivity contribution in [3.05, 3.63) is 59.9 Å². The summed E-state index contributed by atoms with van der Waals surface area (Å²) in [4.78, 5) is 10.5. The predicted molar refractivity (Wildman–Crippen MR) is 63.8 cm³/mol. The van der Waals surface area contributed by atoms with Crippen molar-refractivity contribution in [2.24, 2.45) is 7.05 Å². The molecule has 0 aliphatic carbocycles. The van der Waals surface area contributed by atoms with Crippen LogP contribution in [0.25, 0.3) is 0 Å². The van der Waals surface area contributed by atoms with Crippen molar-refractivity contribution in [3.63, 3.8) is 0 Å². The van der Waals surface area contributed by atoms with Gasteiger partial charge in [0.1, 0.15) is 25.7 Å². The van der Waals surface area contributed by atoms with E-state index in [-0.39, 0.29) is 0 Å². The minimum absolute atomic E-state index is 0.529. The fourth-order valence-corrected chi connectivity index (χ4v) is 1.44. The molecule has 2 rings (SSSR count). The summed E-state index contributed by atoms with van der Waals surface area (Å²) in [6.45, 7) is 0.529. The largest absolute Gasteiger partial charge is 0.489 e. The van der Waals surface area contributed by atoms with Crippen molar-refractivity contribution in [2.45, 2.75) is 6.61 Å². The Hall–Kier alpha value is -2.16. The van der Waals surface area contributed by atoms with E-state index in [0.29, 0.717) is 12.2 Å². The Kier molecular flexibility index (Phi) is 3.50. The van der Waals surface area contributed by atoms with Gasteiger partial charge >= 0.3 is 0 Å². The van der Waals surface area contributed by atoms with Gasteiger partial charge in [0, 0.05) is 23.3 Å². The second-order valence-corrected chi connectivity index (χ2v) is 3.85. The SMILES string of the molecule is C[n+]1ccc(COc2ccc(C=O)cc2)cc1. The molecule has 1 heterocycles. The maximum Gasteiger partial charge on any atom is 0.168 e. The number of rotatable bonds is 4. The molecule has 0 unspecified atom stereocenters. The van der Waals surface area contributed by atoms with Gasteiger partial charge in [0.15, 0.2) is 12.4 Å². The topological polar surface area (TPSA) is 30.2 Å². The van der Waals surface area contributed by atoms with Crippen LogP contribution in [0.1, 0.15) is 15.9 Å². The Bertz CT molecular complexity index is 489. The highest BCUT2D eigenvalue weighted by Crippen LogP contribution is 2.12. The zero-order valence-corrected chi connectivity index (χ0v) is 9.67. The van der Waals surface area contributed by atoms with E-state index in [2.05, 4.69) is 0 Å². The number of carbonyl (C=O) groups excluding carboxylic acids is 1. The smallest absolute Gasteiger partial charge is 0.168 e. The molecule has 0 N–H and O–H groups in total. The molecule has 0 aliphatic heterocycles. The quantitative estimate of drug-likeness (QED) is 0.591. The number of aryl methyl sites for hydroxylation is 1. The van der Waals surface area contributed by atoms with Gasteiger partial charge in [-0.15, -0.1) is 0 Å². The van der Waals surface area contributed by atoms with Crippen LogP contribution in [-0.4, -0.2) is 6.29 Å². The van der Waals surface area contributed by atoms with E-state index >= 15 is 0 Å². The molecule has 1 aromatic heterocycles. The zero-order chi connectivity index (χ0) is 12.1. The molecule has 3 nitrogen and oxygen atoms in total. The molecule has 2 aromatic rings. The first kappa shape index (κ1) is 11.3. The summed E-state index contributed by atoms with van der Waals surface area (Å²) in [5.41, 5.74) is 1.77. The summed E-state index contributed by atoms with van der Waals surface area (Å²) < 4.78 is 7.58. The van der Waals surface area contributed by atoms with Crippen LogP contribution in [0.3, 0.4) is 0 Å². The van der Waals surface area contributed by atoms with Gasteiger partial charge in [-0.05, 0) is 24.3 Å². The minimum Gasteiger partial charge on any atom is -0.489 e. The van der Waals surface area contributed by atoms with Crippen molar-refractivity contribution in [1.82, 2.24) is 0 Å². The Morgan fingerprint density at radius 2 is 1.76 bits per heavy atom. The fourth-order valence-electron chi connectivity index (χ4n) is 1.44. The van der Waals surface area contributed by atoms with Crippen LogP contribution in [0.4, 0.5) is 0 Å². The van der Waals surface area contributed by atoms with Crippen LogP contribution in [-0.2, 0) is 13.7 Å². The number of aromatic nitrogens is 1. The number of aldehydes is 1. The van der Waals surface area contributed by atoms with Crippen LogP contribution in [0.15, 0.2) is 48.8 Å². The van der Waals surface area contributed by atoms with Crippen LogP contribution < -0.4 is 9.30 Å². The van der Waals surface area contributed by atoms with Gasteiger partial charge in [0.05, 0.1) is 0 Å². The van der Waals surface area contributed by atoms with E-state index in [1.807, 2.05) is 36.1 Å². The van der Waals surface area contributed by atoms with Gasteiger partial charge in [-0.2, -0.15) is 0 Å². The Morgan fingerprint density at radius 1 is 1.12 bits per heavy atom. The van der Waals surface area contributed by atoms with Crippen LogP contribution in [0.5, 0.6) is 5.75 Å². The predicted octanol–water partition coefficient (Wildman–Crippen LogP) is 1.90. The monoisotopic (exact) mass is 228 g/mol. The Morgan fingerprint density at radius 3 is 2.35 bits per heavy atom. The molecule has 0 amide bonds. The van der Waals surface area contributed by atoms with Crippen molar-refractivity contribution in [1.29, 1.82) is 0 Å². The third-order valence-electron chi connectivity index (χ3n) is 2.47. The molecule has 0 fully saturated rings. The number of carbonyl (C=O) groups is 1. The molecule has 0 bridgehead atoms. The van der Waals surface area contributed by atoms with Crippen molar-refractivity contribution in [3.8, 4) is 5.75 Å². The molecule has 0 atom stereocenters. The van der Waals surface area contributed by atoms with E-state index in [9.17, 15) is 4.79 Å². The Labute approximate surface area is 100 Å². The van der Waals surface area contributed by atoms with Crippen LogP contribution >= 0.6 is 0 Å². The summed E-state index contributed by atoms with van der Waals surface area (Å²) in [5, 5.41) is 0. The first-order valence-electron chi connectivity index (χ1n) is 5.40. The van der Waals surface area contributed by atoms with Crippen molar-refractivity contribution >= 4 is 6.29 Å². The van der Waals surface area contributed by atoms with Gasteiger partial charge < -0.3 is 4.74 Å². The molecule has 0 radical (unpaired) electrons. The third-order valence-corrected chi connectivity index (χ3v) is 2.47. The summed E-state index contributed by atoms with van der Waals surface area (Å²) in [6, 6.07) is 11.1. The lowest BCUT2D eigenvalue weighted by atomic mass is 10.2. The van der Waals surface area contributed by atoms with Crippen LogP contribution in [0, 0.1) is 0 Å². The molecule has 0 spiro atoms. The van der Waals surface area contributed by atoms with Gasteiger partial charge in [0.2, 0.25) is 0 Å². The molecular formula is C14H14NO2+. The molecule has 17 heavy (non-hydrogen) atoms. The fraction of sp³-hybridized carbons (Fsp3) is 0.143. The zero-order valence-electron chi connectivity index (χ0n) is 9.67. The lowest BCUT2D eigenvalue weighted by Crippen LogP contribution is -2.26. The molecule has 1 aromatic carbocycles. The molecule has 0 aliphatic rings. The first-order chi connectivity index (χ1) is 8.28. The lowest BCUT2D eigenvalue weighted by molar-refractivity contribution is -0.671. The number of nitrogens with zero attached hydrogens (tertiary/aromatic N) is 1. The summed E-state index contributed by atoms with van der Waals surface area (Å²) in [5.74, 6) is 0.767. The van der Waals surface area contributed by atoms with E-state index in [0.717, 1.165) is 17.6 Å². The highest BCUT2D eigenvalue weighted by atomic mass is 16.5. The van der Waals surface area contributed by atoms with Crippen molar-refractivity contribution in [2.75, 3.05) is 0 Å². The number of ether oxygens (including phenoxy) is 1. The van der Waals surface area contributed by atoms with Gasteiger partial charge in [-0.1, -0.05) is 0 Å². The molecular weight excluding hydrogens is 214 g/mol. The lowest BCUT2D eigenvalue weighted by Gasteiger charge is -2.05. The van der Waals surface area contributed by atoms with Gasteiger partial charge in [-0.3, -0.25) is 4.79 Å². The molecule has 0 saturated carbocycles. The number of benzene rings is 1. The normalized spacial score (nSPS) is 9.94. The van der Waals surface area contributed by atoms with E-state index in [1.54, 1.807) is 24.3 Å². The average molecular weight is 228 g/mol. The number of hydrogen-bond donors (Lipinski definition) is 0. The summed E-state index contributed by atoms with van der Waals surface area (Å²) in [6.07, 6.45) is 4.78. The van der Waals surface area contributed by atoms with Crippen molar-refractivity contribution < 1.29 is 14.1 Å². The molecule has 86 valence electrons. The number of pyridine rings is 1. The summed E-state index contributed by atoms with van der Waals surface area (Å²) >= 11 is 0. The second kappa shape index (κ2) is 5.25. The molecule has 0 saturated heterocycles. The summed E-state index contributed by atoms with van der Waals surface area (Å²) in [7, 11) is 1.97. The van der Waals surface area contributed by atoms with E-state index < -0.39 is 0 Å². The van der Waals surface area contributed by atoms with Crippen LogP contribution in [0.2, 0.25) is 0 Å². The molecule has 3 heteroatoms. The maximum absolute atomic E-state index is 10.5. The highest BCUT2D eigenvalue weighted by Gasteiger charge is 1.98. The van der Waals surface area contributed by atoms with Gasteiger partial charge in [-0.25, -0.2) is 4.57 Å². The minimum atomic E-state index is 0.529. The van der Waals surface area contributed by atoms with Gasteiger partial charge in [0.25, 0.3) is 0 Å². The number of hydrogen-bond acceptors (Lipinski definition) is 2. The maximum atomic E-state index is 10.5. The first-order valence-corrected chi connectivity index (χ1v) is 5.40. The Balaban J connectivity index is 1.97. The third kappa shape index (κ3) is 3.14. The van der Waals surface area contributed by atoms with E-state index in [4.69, 9.17) is 4.74 Å². The second-order valence-electron chi connectivity index (χ2n) is 3.85. The average Bonchev–Trinajstić information content (AvgIpc) is 2.39. The standard InChI is InChI=1S/C14H14NO2/c1-15-8-6-13(7-9-15)11-17-14-4-2-12(10-16)3-5-14/h2-10H,11H2,1H3/q+1.